The molecule has 1 heterocycles. The Morgan fingerprint density at radius 3 is 2.83 bits per heavy atom. The molecule has 2 aromatic rings. The number of hydrogen-bond donors (Lipinski definition) is 2. The minimum Gasteiger partial charge on any atom is -0.491 e. The molecule has 0 saturated carbocycles. The van der Waals surface area contributed by atoms with Crippen LogP contribution in [0.2, 0.25) is 0 Å². The van der Waals surface area contributed by atoms with Gasteiger partial charge in [-0.2, -0.15) is 0 Å². The highest BCUT2D eigenvalue weighted by molar-refractivity contribution is 5.96. The van der Waals surface area contributed by atoms with Crippen molar-refractivity contribution in [3.05, 3.63) is 64.7 Å². The highest BCUT2D eigenvalue weighted by atomic mass is 16.5. The standard InChI is InChI=1S/C19H19NO4/c1-12-6-8-17-15(10-12)16(11-24-17)20-19(23)14-5-3-2-4-13(14)7-9-18(21)22/h2-6,8,10,16H,7,9,11H2,1H3,(H,20,23)(H,21,22). The van der Waals surface area contributed by atoms with E-state index in [0.29, 0.717) is 18.6 Å². The van der Waals surface area contributed by atoms with Crippen LogP contribution in [0.25, 0.3) is 0 Å². The molecule has 1 atom stereocenters. The van der Waals surface area contributed by atoms with Gasteiger partial charge >= 0.3 is 5.97 Å². The minimum absolute atomic E-state index is 0.00113. The zero-order valence-electron chi connectivity index (χ0n) is 13.4. The lowest BCUT2D eigenvalue weighted by atomic mass is 10.0. The first-order valence-electron chi connectivity index (χ1n) is 7.88. The third kappa shape index (κ3) is 3.40. The largest absolute Gasteiger partial charge is 0.491 e. The van der Waals surface area contributed by atoms with Gasteiger partial charge in [0.25, 0.3) is 5.91 Å². The zero-order chi connectivity index (χ0) is 17.1. The molecule has 0 aliphatic carbocycles. The van der Waals surface area contributed by atoms with E-state index in [1.165, 1.54) is 0 Å². The number of hydrogen-bond acceptors (Lipinski definition) is 3. The molecule has 1 amide bonds. The molecule has 2 N–H and O–H groups in total. The summed E-state index contributed by atoms with van der Waals surface area (Å²) in [4.78, 5) is 23.4. The third-order valence-corrected chi connectivity index (χ3v) is 4.12. The molecule has 5 nitrogen and oxygen atoms in total. The van der Waals surface area contributed by atoms with Gasteiger partial charge in [0, 0.05) is 17.5 Å². The molecule has 0 saturated heterocycles. The number of aryl methyl sites for hydroxylation is 2. The van der Waals surface area contributed by atoms with E-state index < -0.39 is 5.97 Å². The minimum atomic E-state index is -0.876. The molecule has 3 rings (SSSR count). The van der Waals surface area contributed by atoms with Gasteiger partial charge in [-0.1, -0.05) is 35.9 Å². The van der Waals surface area contributed by atoms with E-state index in [2.05, 4.69) is 5.32 Å². The second kappa shape index (κ2) is 6.74. The Labute approximate surface area is 140 Å². The van der Waals surface area contributed by atoms with Crippen molar-refractivity contribution in [1.29, 1.82) is 0 Å². The van der Waals surface area contributed by atoms with Gasteiger partial charge in [-0.25, -0.2) is 0 Å². The number of carbonyl (C=O) groups is 2. The summed E-state index contributed by atoms with van der Waals surface area (Å²) in [6.07, 6.45) is 0.328. The Hall–Kier alpha value is -2.82. The highest BCUT2D eigenvalue weighted by Crippen LogP contribution is 2.33. The number of carboxylic acid groups (broad SMARTS) is 1. The van der Waals surface area contributed by atoms with Crippen LogP contribution < -0.4 is 10.1 Å². The number of carboxylic acids is 1. The van der Waals surface area contributed by atoms with Crippen molar-refractivity contribution >= 4 is 11.9 Å². The molecule has 1 unspecified atom stereocenters. The fraction of sp³-hybridized carbons (Fsp3) is 0.263. The highest BCUT2D eigenvalue weighted by Gasteiger charge is 2.26. The van der Waals surface area contributed by atoms with E-state index >= 15 is 0 Å². The van der Waals surface area contributed by atoms with E-state index in [9.17, 15) is 9.59 Å². The van der Waals surface area contributed by atoms with E-state index in [-0.39, 0.29) is 18.4 Å². The summed E-state index contributed by atoms with van der Waals surface area (Å²) in [5.41, 5.74) is 3.34. The van der Waals surface area contributed by atoms with Gasteiger partial charge in [-0.15, -0.1) is 0 Å². The molecular formula is C19H19NO4. The number of carbonyl (C=O) groups excluding carboxylic acids is 1. The molecule has 5 heteroatoms. The lowest BCUT2D eigenvalue weighted by molar-refractivity contribution is -0.136. The van der Waals surface area contributed by atoms with Gasteiger partial charge in [-0.05, 0) is 31.0 Å². The van der Waals surface area contributed by atoms with Crippen LogP contribution in [0, 0.1) is 6.92 Å². The molecular weight excluding hydrogens is 306 g/mol. The van der Waals surface area contributed by atoms with Gasteiger partial charge in [-0.3, -0.25) is 9.59 Å². The Bertz CT molecular complexity index is 785. The van der Waals surface area contributed by atoms with Crippen LogP contribution in [0.4, 0.5) is 0 Å². The third-order valence-electron chi connectivity index (χ3n) is 4.12. The van der Waals surface area contributed by atoms with Crippen molar-refractivity contribution < 1.29 is 19.4 Å². The molecule has 24 heavy (non-hydrogen) atoms. The zero-order valence-corrected chi connectivity index (χ0v) is 13.4. The number of benzene rings is 2. The normalized spacial score (nSPS) is 15.5. The van der Waals surface area contributed by atoms with Crippen molar-refractivity contribution in [2.75, 3.05) is 6.61 Å². The quantitative estimate of drug-likeness (QED) is 0.886. The maximum absolute atomic E-state index is 12.6. The lowest BCUT2D eigenvalue weighted by Gasteiger charge is -2.14. The lowest BCUT2D eigenvalue weighted by Crippen LogP contribution is -2.30. The van der Waals surface area contributed by atoms with E-state index in [0.717, 1.165) is 22.4 Å². The van der Waals surface area contributed by atoms with Gasteiger partial charge in [0.15, 0.2) is 0 Å². The first kappa shape index (κ1) is 16.1. The summed E-state index contributed by atoms with van der Waals surface area (Å²) in [7, 11) is 0. The maximum Gasteiger partial charge on any atom is 0.303 e. The van der Waals surface area contributed by atoms with Crippen LogP contribution in [-0.4, -0.2) is 23.6 Å². The first-order chi connectivity index (χ1) is 11.5. The number of aliphatic carboxylic acids is 1. The smallest absolute Gasteiger partial charge is 0.303 e. The number of ether oxygens (including phenoxy) is 1. The van der Waals surface area contributed by atoms with E-state index in [1.807, 2.05) is 31.2 Å². The van der Waals surface area contributed by atoms with Crippen LogP contribution >= 0.6 is 0 Å². The summed E-state index contributed by atoms with van der Waals surface area (Å²) in [6.45, 7) is 2.40. The topological polar surface area (TPSA) is 75.6 Å². The van der Waals surface area contributed by atoms with Gasteiger partial charge < -0.3 is 15.2 Å². The number of fused-ring (bicyclic) bond motifs is 1. The molecule has 0 bridgehead atoms. The first-order valence-corrected chi connectivity index (χ1v) is 7.88. The van der Waals surface area contributed by atoms with Gasteiger partial charge in [0.05, 0.1) is 6.04 Å². The van der Waals surface area contributed by atoms with Crippen LogP contribution in [0.1, 0.15) is 39.5 Å². The Kier molecular flexibility index (Phi) is 4.51. The van der Waals surface area contributed by atoms with Crippen LogP contribution in [-0.2, 0) is 11.2 Å². The summed E-state index contributed by atoms with van der Waals surface area (Å²) in [5.74, 6) is -0.289. The fourth-order valence-corrected chi connectivity index (χ4v) is 2.89. The van der Waals surface area contributed by atoms with Gasteiger partial charge in [0.1, 0.15) is 12.4 Å². The van der Waals surface area contributed by atoms with Crippen molar-refractivity contribution in [1.82, 2.24) is 5.32 Å². The summed E-state index contributed by atoms with van der Waals surface area (Å²) >= 11 is 0. The number of nitrogens with one attached hydrogen (secondary N) is 1. The fourth-order valence-electron chi connectivity index (χ4n) is 2.89. The molecule has 0 radical (unpaired) electrons. The SMILES string of the molecule is Cc1ccc2c(c1)C(NC(=O)c1ccccc1CCC(=O)O)CO2. The molecule has 0 aromatic heterocycles. The average molecular weight is 325 g/mol. The monoisotopic (exact) mass is 325 g/mol. The number of amides is 1. The predicted octanol–water partition coefficient (Wildman–Crippen LogP) is 2.88. The molecule has 124 valence electrons. The van der Waals surface area contributed by atoms with Crippen LogP contribution in [0.3, 0.4) is 0 Å². The molecule has 2 aromatic carbocycles. The van der Waals surface area contributed by atoms with E-state index in [4.69, 9.17) is 9.84 Å². The average Bonchev–Trinajstić information content (AvgIpc) is 2.95. The van der Waals surface area contributed by atoms with E-state index in [1.54, 1.807) is 18.2 Å². The summed E-state index contributed by atoms with van der Waals surface area (Å²) in [5, 5.41) is 11.8. The van der Waals surface area contributed by atoms with Crippen molar-refractivity contribution in [2.45, 2.75) is 25.8 Å². The molecule has 1 aliphatic heterocycles. The van der Waals surface area contributed by atoms with Gasteiger partial charge in [0.2, 0.25) is 0 Å². The predicted molar refractivity (Wildman–Crippen MR) is 89.3 cm³/mol. The maximum atomic E-state index is 12.6. The molecule has 0 spiro atoms. The Morgan fingerprint density at radius 2 is 2.04 bits per heavy atom. The van der Waals surface area contributed by atoms with Crippen LogP contribution in [0.15, 0.2) is 42.5 Å². The summed E-state index contributed by atoms with van der Waals surface area (Å²) in [6, 6.07) is 12.8. The Morgan fingerprint density at radius 1 is 1.25 bits per heavy atom. The van der Waals surface area contributed by atoms with Crippen LogP contribution in [0.5, 0.6) is 5.75 Å². The summed E-state index contributed by atoms with van der Waals surface area (Å²) < 4.78 is 5.62. The van der Waals surface area contributed by atoms with Crippen molar-refractivity contribution in [3.63, 3.8) is 0 Å². The van der Waals surface area contributed by atoms with Crippen molar-refractivity contribution in [3.8, 4) is 5.75 Å². The second-order valence-electron chi connectivity index (χ2n) is 5.93. The number of rotatable bonds is 5. The van der Waals surface area contributed by atoms with Crippen molar-refractivity contribution in [2.24, 2.45) is 0 Å². The second-order valence-corrected chi connectivity index (χ2v) is 5.93. The Balaban J connectivity index is 1.77. The molecule has 0 fully saturated rings. The molecule has 1 aliphatic rings.